The summed E-state index contributed by atoms with van der Waals surface area (Å²) in [6.07, 6.45) is 6.08. The molecular formula is C18H27N. The maximum atomic E-state index is 3.49. The van der Waals surface area contributed by atoms with Crippen LogP contribution in [0.15, 0.2) is 35.9 Å². The summed E-state index contributed by atoms with van der Waals surface area (Å²) in [5.41, 5.74) is 4.68. The first-order valence-electron chi connectivity index (χ1n) is 7.61. The molecule has 104 valence electrons. The van der Waals surface area contributed by atoms with Crippen molar-refractivity contribution in [1.29, 1.82) is 0 Å². The van der Waals surface area contributed by atoms with E-state index in [1.54, 1.807) is 16.7 Å². The van der Waals surface area contributed by atoms with Crippen LogP contribution in [0.5, 0.6) is 0 Å². The molecule has 0 saturated heterocycles. The van der Waals surface area contributed by atoms with Crippen molar-refractivity contribution in [2.45, 2.75) is 46.0 Å². The molecular weight excluding hydrogens is 230 g/mol. The molecule has 0 aliphatic heterocycles. The van der Waals surface area contributed by atoms with Crippen molar-refractivity contribution < 1.29 is 0 Å². The van der Waals surface area contributed by atoms with Gasteiger partial charge in [-0.05, 0) is 62.2 Å². The van der Waals surface area contributed by atoms with E-state index in [4.69, 9.17) is 0 Å². The second-order valence-corrected chi connectivity index (χ2v) is 6.24. The van der Waals surface area contributed by atoms with E-state index in [0.717, 1.165) is 31.3 Å². The van der Waals surface area contributed by atoms with Gasteiger partial charge in [-0.2, -0.15) is 0 Å². The molecule has 0 heterocycles. The largest absolute Gasteiger partial charge is 0.316 e. The summed E-state index contributed by atoms with van der Waals surface area (Å²) in [4.78, 5) is 0. The lowest BCUT2D eigenvalue weighted by Crippen LogP contribution is -2.20. The maximum absolute atomic E-state index is 3.49. The van der Waals surface area contributed by atoms with Crippen LogP contribution in [0.2, 0.25) is 0 Å². The average molecular weight is 257 g/mol. The smallest absolute Gasteiger partial charge is 0.00141 e. The molecule has 0 bridgehead atoms. The molecule has 1 N–H and O–H groups in total. The molecule has 0 aromatic heterocycles. The van der Waals surface area contributed by atoms with E-state index in [-0.39, 0.29) is 0 Å². The highest BCUT2D eigenvalue weighted by molar-refractivity contribution is 5.40. The minimum absolute atomic E-state index is 0.747. The number of rotatable bonds is 7. The lowest BCUT2D eigenvalue weighted by atomic mass is 9.74. The normalized spacial score (nSPS) is 18.3. The summed E-state index contributed by atoms with van der Waals surface area (Å²) in [5, 5.41) is 3.49. The van der Waals surface area contributed by atoms with Gasteiger partial charge in [-0.15, -0.1) is 0 Å². The lowest BCUT2D eigenvalue weighted by Gasteiger charge is -2.30. The third-order valence-corrected chi connectivity index (χ3v) is 3.90. The Kier molecular flexibility index (Phi) is 5.21. The van der Waals surface area contributed by atoms with Crippen LogP contribution < -0.4 is 5.32 Å². The Morgan fingerprint density at radius 2 is 2.16 bits per heavy atom. The van der Waals surface area contributed by atoms with Crippen molar-refractivity contribution in [3.63, 3.8) is 0 Å². The highest BCUT2D eigenvalue weighted by Crippen LogP contribution is 2.38. The van der Waals surface area contributed by atoms with E-state index in [9.17, 15) is 0 Å². The summed E-state index contributed by atoms with van der Waals surface area (Å²) < 4.78 is 0. The van der Waals surface area contributed by atoms with Crippen molar-refractivity contribution in [3.8, 4) is 0 Å². The molecule has 1 aromatic carbocycles. The van der Waals surface area contributed by atoms with Gasteiger partial charge in [0.25, 0.3) is 0 Å². The van der Waals surface area contributed by atoms with E-state index in [0.29, 0.717) is 0 Å². The Bertz CT molecular complexity index is 431. The van der Waals surface area contributed by atoms with Crippen LogP contribution in [-0.2, 0) is 6.42 Å². The lowest BCUT2D eigenvalue weighted by molar-refractivity contribution is 0.555. The van der Waals surface area contributed by atoms with Gasteiger partial charge in [0.05, 0.1) is 0 Å². The molecule has 0 fully saturated rings. The zero-order chi connectivity index (χ0) is 13.7. The summed E-state index contributed by atoms with van der Waals surface area (Å²) >= 11 is 0. The predicted octanol–water partition coefficient (Wildman–Crippen LogP) is 4.30. The highest BCUT2D eigenvalue weighted by atomic mass is 14.8. The van der Waals surface area contributed by atoms with Crippen molar-refractivity contribution in [3.05, 3.63) is 47.0 Å². The molecule has 1 aliphatic rings. The first-order valence-corrected chi connectivity index (χ1v) is 7.61. The van der Waals surface area contributed by atoms with Gasteiger partial charge in [0.1, 0.15) is 0 Å². The van der Waals surface area contributed by atoms with Crippen molar-refractivity contribution in [2.75, 3.05) is 13.1 Å². The van der Waals surface area contributed by atoms with Crippen molar-refractivity contribution in [2.24, 2.45) is 5.92 Å². The fourth-order valence-electron chi connectivity index (χ4n) is 2.83. The van der Waals surface area contributed by atoms with Crippen LogP contribution >= 0.6 is 0 Å². The topological polar surface area (TPSA) is 12.0 Å². The predicted molar refractivity (Wildman–Crippen MR) is 83.6 cm³/mol. The van der Waals surface area contributed by atoms with Gasteiger partial charge in [0, 0.05) is 0 Å². The molecule has 19 heavy (non-hydrogen) atoms. The first kappa shape index (κ1) is 14.3. The van der Waals surface area contributed by atoms with Crippen molar-refractivity contribution in [1.82, 2.24) is 5.32 Å². The Labute approximate surface area is 118 Å². The molecule has 1 aliphatic carbocycles. The van der Waals surface area contributed by atoms with E-state index < -0.39 is 0 Å². The highest BCUT2D eigenvalue weighted by Gasteiger charge is 2.24. The van der Waals surface area contributed by atoms with Gasteiger partial charge in [0.15, 0.2) is 0 Å². The van der Waals surface area contributed by atoms with E-state index in [2.05, 4.69) is 56.4 Å². The van der Waals surface area contributed by atoms with Crippen LogP contribution in [0.3, 0.4) is 0 Å². The minimum atomic E-state index is 0.747. The van der Waals surface area contributed by atoms with Gasteiger partial charge < -0.3 is 5.32 Å². The summed E-state index contributed by atoms with van der Waals surface area (Å²) in [6.45, 7) is 9.02. The summed E-state index contributed by atoms with van der Waals surface area (Å²) in [6, 6.07) is 8.87. The SMILES string of the molecule is CC(=CCCNCC(C)C)CC1Cc2ccccc21. The monoisotopic (exact) mass is 257 g/mol. The Morgan fingerprint density at radius 3 is 2.89 bits per heavy atom. The molecule has 0 saturated carbocycles. The zero-order valence-corrected chi connectivity index (χ0v) is 12.6. The summed E-state index contributed by atoms with van der Waals surface area (Å²) in [7, 11) is 0. The number of benzene rings is 1. The number of fused-ring (bicyclic) bond motifs is 1. The minimum Gasteiger partial charge on any atom is -0.316 e. The molecule has 0 radical (unpaired) electrons. The van der Waals surface area contributed by atoms with E-state index in [1.165, 1.54) is 12.8 Å². The molecule has 1 aromatic rings. The quantitative estimate of drug-likeness (QED) is 0.567. The van der Waals surface area contributed by atoms with Crippen LogP contribution in [0, 0.1) is 5.92 Å². The maximum Gasteiger partial charge on any atom is -0.00141 e. The zero-order valence-electron chi connectivity index (χ0n) is 12.6. The van der Waals surface area contributed by atoms with Crippen molar-refractivity contribution >= 4 is 0 Å². The standard InChI is InChI=1S/C18H27N/c1-14(2)13-19-10-6-7-15(3)11-17-12-16-8-4-5-9-18(16)17/h4-5,7-9,14,17,19H,6,10-13H2,1-3H3. The Hall–Kier alpha value is -1.08. The summed E-state index contributed by atoms with van der Waals surface area (Å²) in [5.74, 6) is 1.52. The second-order valence-electron chi connectivity index (χ2n) is 6.24. The molecule has 0 spiro atoms. The van der Waals surface area contributed by atoms with E-state index >= 15 is 0 Å². The van der Waals surface area contributed by atoms with Crippen LogP contribution in [-0.4, -0.2) is 13.1 Å². The molecule has 0 amide bonds. The Morgan fingerprint density at radius 1 is 1.37 bits per heavy atom. The van der Waals surface area contributed by atoms with E-state index in [1.807, 2.05) is 0 Å². The van der Waals surface area contributed by atoms with Gasteiger partial charge >= 0.3 is 0 Å². The molecule has 1 unspecified atom stereocenters. The van der Waals surface area contributed by atoms with Gasteiger partial charge in [-0.1, -0.05) is 49.8 Å². The fraction of sp³-hybridized carbons (Fsp3) is 0.556. The molecule has 2 rings (SSSR count). The van der Waals surface area contributed by atoms with Crippen LogP contribution in [0.4, 0.5) is 0 Å². The second kappa shape index (κ2) is 6.91. The fourth-order valence-corrected chi connectivity index (χ4v) is 2.83. The van der Waals surface area contributed by atoms with Crippen LogP contribution in [0.25, 0.3) is 0 Å². The molecule has 1 nitrogen and oxygen atoms in total. The average Bonchev–Trinajstić information content (AvgIpc) is 2.35. The third-order valence-electron chi connectivity index (χ3n) is 3.90. The Balaban J connectivity index is 1.69. The number of allylic oxidation sites excluding steroid dienone is 1. The van der Waals surface area contributed by atoms with Gasteiger partial charge in [0.2, 0.25) is 0 Å². The number of hydrogen-bond acceptors (Lipinski definition) is 1. The molecule has 1 atom stereocenters. The third kappa shape index (κ3) is 4.21. The molecule has 1 heteroatoms. The number of hydrogen-bond donors (Lipinski definition) is 1. The van der Waals surface area contributed by atoms with Gasteiger partial charge in [-0.25, -0.2) is 0 Å². The first-order chi connectivity index (χ1) is 9.16. The van der Waals surface area contributed by atoms with Gasteiger partial charge in [-0.3, -0.25) is 0 Å². The van der Waals surface area contributed by atoms with Crippen LogP contribution in [0.1, 0.15) is 50.7 Å². The number of nitrogens with one attached hydrogen (secondary N) is 1.